The summed E-state index contributed by atoms with van der Waals surface area (Å²) in [4.78, 5) is 48.9. The van der Waals surface area contributed by atoms with Crippen molar-refractivity contribution in [1.82, 2.24) is 20.1 Å². The lowest BCUT2D eigenvalue weighted by atomic mass is 9.90. The van der Waals surface area contributed by atoms with E-state index in [0.717, 1.165) is 29.8 Å². The van der Waals surface area contributed by atoms with Gasteiger partial charge in [-0.3, -0.25) is 14.4 Å². The van der Waals surface area contributed by atoms with Gasteiger partial charge >= 0.3 is 0 Å². The van der Waals surface area contributed by atoms with Crippen molar-refractivity contribution in [3.05, 3.63) is 52.5 Å². The second-order valence-electron chi connectivity index (χ2n) is 12.9. The first-order valence-electron chi connectivity index (χ1n) is 16.4. The van der Waals surface area contributed by atoms with Crippen LogP contribution in [0.4, 0.5) is 0 Å². The number of amides is 3. The van der Waals surface area contributed by atoms with Crippen LogP contribution < -0.4 is 5.32 Å². The smallest absolute Gasteiger partial charge is 0.226 e. The number of hydrogen-bond acceptors (Lipinski definition) is 7. The van der Waals surface area contributed by atoms with Gasteiger partial charge in [-0.15, -0.1) is 11.3 Å². The number of rotatable bonds is 17. The number of methoxy groups -OCH3 is 2. The van der Waals surface area contributed by atoms with E-state index in [4.69, 9.17) is 9.47 Å². The minimum atomic E-state index is -0.502. The molecule has 3 amide bonds. The van der Waals surface area contributed by atoms with Crippen LogP contribution in [0.5, 0.6) is 0 Å². The number of hydrogen-bond donors (Lipinski definition) is 1. The third-order valence-electron chi connectivity index (χ3n) is 9.24. The first-order valence-corrected chi connectivity index (χ1v) is 17.2. The molecule has 1 aliphatic rings. The molecule has 7 atom stereocenters. The molecule has 2 heterocycles. The van der Waals surface area contributed by atoms with E-state index in [2.05, 4.69) is 24.1 Å². The average Bonchev–Trinajstić information content (AvgIpc) is 3.74. The number of likely N-dealkylation sites (tertiary alicyclic amines) is 1. The van der Waals surface area contributed by atoms with Crippen LogP contribution >= 0.6 is 11.3 Å². The summed E-state index contributed by atoms with van der Waals surface area (Å²) < 4.78 is 11.9. The summed E-state index contributed by atoms with van der Waals surface area (Å²) in [6.45, 7) is 10.7. The van der Waals surface area contributed by atoms with Gasteiger partial charge < -0.3 is 24.6 Å². The molecule has 6 unspecified atom stereocenters. The van der Waals surface area contributed by atoms with E-state index < -0.39 is 18.1 Å². The molecule has 1 aromatic carbocycles. The molecule has 0 aliphatic carbocycles. The van der Waals surface area contributed by atoms with Gasteiger partial charge in [0.25, 0.3) is 0 Å². The van der Waals surface area contributed by atoms with Crippen molar-refractivity contribution >= 4 is 29.1 Å². The molecule has 250 valence electrons. The van der Waals surface area contributed by atoms with Crippen molar-refractivity contribution in [3.8, 4) is 0 Å². The Bertz CT molecular complexity index is 1190. The summed E-state index contributed by atoms with van der Waals surface area (Å²) in [5.41, 5.74) is 1.11. The van der Waals surface area contributed by atoms with Crippen molar-refractivity contribution < 1.29 is 23.9 Å². The summed E-state index contributed by atoms with van der Waals surface area (Å²) >= 11 is 1.52. The number of likely N-dealkylation sites (N-methyl/N-ethyl adjacent to an activating group) is 1. The molecule has 1 fully saturated rings. The van der Waals surface area contributed by atoms with Crippen molar-refractivity contribution in [1.29, 1.82) is 0 Å². The van der Waals surface area contributed by atoms with E-state index >= 15 is 0 Å². The lowest BCUT2D eigenvalue weighted by Gasteiger charge is -2.39. The third kappa shape index (κ3) is 9.83. The quantitative estimate of drug-likeness (QED) is 0.244. The number of nitrogens with zero attached hydrogens (tertiary/aromatic N) is 3. The standard InChI is InChI=1S/C35H54N4O5S/c1-9-24(4)32(38(6)30(40)20-23(2)3)29(43-7)22-31(41)39-18-13-16-28(39)33(44-8)25(5)34(42)37-27(35-36-17-19-45-35)21-26-14-11-10-12-15-26/h10-12,14-15,17,19,23-25,27-29,32-33H,9,13,16,18,20-22H2,1-8H3,(H,37,42)/t24?,25?,27?,28?,29?,32-,33?/m0/s1. The Morgan fingerprint density at radius 2 is 1.80 bits per heavy atom. The predicted molar refractivity (Wildman–Crippen MR) is 179 cm³/mol. The first kappa shape index (κ1) is 36.6. The van der Waals surface area contributed by atoms with Gasteiger partial charge in [-0.2, -0.15) is 0 Å². The fourth-order valence-electron chi connectivity index (χ4n) is 6.58. The van der Waals surface area contributed by atoms with Crippen molar-refractivity contribution in [2.75, 3.05) is 27.8 Å². The van der Waals surface area contributed by atoms with E-state index in [1.165, 1.54) is 11.3 Å². The molecule has 1 aliphatic heterocycles. The van der Waals surface area contributed by atoms with Crippen LogP contribution in [0.2, 0.25) is 0 Å². The number of carbonyl (C=O) groups is 3. The van der Waals surface area contributed by atoms with Gasteiger partial charge in [-0.1, -0.05) is 71.4 Å². The zero-order valence-corrected chi connectivity index (χ0v) is 29.2. The third-order valence-corrected chi connectivity index (χ3v) is 10.1. The van der Waals surface area contributed by atoms with E-state index in [9.17, 15) is 14.4 Å². The van der Waals surface area contributed by atoms with Crippen LogP contribution in [0.25, 0.3) is 0 Å². The number of carbonyl (C=O) groups excluding carboxylic acids is 3. The van der Waals surface area contributed by atoms with E-state index in [0.29, 0.717) is 19.4 Å². The Morgan fingerprint density at radius 3 is 2.38 bits per heavy atom. The Morgan fingerprint density at radius 1 is 1.09 bits per heavy atom. The van der Waals surface area contributed by atoms with Gasteiger partial charge in [0.1, 0.15) is 5.01 Å². The molecule has 0 spiro atoms. The van der Waals surface area contributed by atoms with Crippen molar-refractivity contribution in [2.24, 2.45) is 17.8 Å². The normalized spacial score (nSPS) is 19.0. The Labute approximate surface area is 274 Å². The van der Waals surface area contributed by atoms with Crippen LogP contribution in [0, 0.1) is 17.8 Å². The maximum Gasteiger partial charge on any atom is 0.226 e. The van der Waals surface area contributed by atoms with Gasteiger partial charge in [0.05, 0.1) is 42.7 Å². The van der Waals surface area contributed by atoms with Gasteiger partial charge in [0, 0.05) is 45.8 Å². The second kappa shape index (κ2) is 17.8. The lowest BCUT2D eigenvalue weighted by molar-refractivity contribution is -0.146. The highest BCUT2D eigenvalue weighted by atomic mass is 32.1. The van der Waals surface area contributed by atoms with Gasteiger partial charge in [0.15, 0.2) is 0 Å². The number of nitrogens with one attached hydrogen (secondary N) is 1. The number of benzene rings is 1. The summed E-state index contributed by atoms with van der Waals surface area (Å²) in [6, 6.07) is 9.32. The van der Waals surface area contributed by atoms with Crippen molar-refractivity contribution in [3.63, 3.8) is 0 Å². The highest BCUT2D eigenvalue weighted by Gasteiger charge is 2.42. The highest BCUT2D eigenvalue weighted by Crippen LogP contribution is 2.30. The van der Waals surface area contributed by atoms with E-state index in [1.54, 1.807) is 25.3 Å². The number of thiazole rings is 1. The monoisotopic (exact) mass is 642 g/mol. The first-order chi connectivity index (χ1) is 21.5. The molecule has 2 aromatic rings. The minimum Gasteiger partial charge on any atom is -0.379 e. The second-order valence-corrected chi connectivity index (χ2v) is 13.8. The van der Waals surface area contributed by atoms with Gasteiger partial charge in [0.2, 0.25) is 17.7 Å². The molecule has 10 heteroatoms. The number of aromatic nitrogens is 1. The molecular weight excluding hydrogens is 588 g/mol. The van der Waals surface area contributed by atoms with Gasteiger partial charge in [-0.25, -0.2) is 4.98 Å². The van der Waals surface area contributed by atoms with Crippen LogP contribution in [0.15, 0.2) is 41.9 Å². The van der Waals surface area contributed by atoms with E-state index in [1.807, 2.05) is 68.4 Å². The molecule has 45 heavy (non-hydrogen) atoms. The highest BCUT2D eigenvalue weighted by molar-refractivity contribution is 7.09. The van der Waals surface area contributed by atoms with Crippen LogP contribution in [0.1, 0.15) is 83.3 Å². The summed E-state index contributed by atoms with van der Waals surface area (Å²) in [5, 5.41) is 6.00. The van der Waals surface area contributed by atoms with Crippen LogP contribution in [-0.4, -0.2) is 84.6 Å². The molecule has 0 saturated carbocycles. The lowest BCUT2D eigenvalue weighted by Crippen LogP contribution is -2.53. The molecule has 1 aromatic heterocycles. The molecule has 1 saturated heterocycles. The van der Waals surface area contributed by atoms with Crippen LogP contribution in [-0.2, 0) is 30.3 Å². The van der Waals surface area contributed by atoms with E-state index in [-0.39, 0.29) is 54.1 Å². The molecule has 0 radical (unpaired) electrons. The zero-order chi connectivity index (χ0) is 33.1. The minimum absolute atomic E-state index is 0.0400. The molecule has 1 N–H and O–H groups in total. The topological polar surface area (TPSA) is 101 Å². The van der Waals surface area contributed by atoms with Crippen LogP contribution in [0.3, 0.4) is 0 Å². The molecule has 3 rings (SSSR count). The average molecular weight is 643 g/mol. The number of ether oxygens (including phenoxy) is 2. The molecular formula is C35H54N4O5S. The Kier molecular flexibility index (Phi) is 14.5. The maximum atomic E-state index is 13.9. The maximum absolute atomic E-state index is 13.9. The Balaban J connectivity index is 1.74. The SMILES string of the molecule is CCC(C)[C@@H](C(CC(=O)N1CCCC1C(OC)C(C)C(=O)NC(Cc1ccccc1)c1nccs1)OC)N(C)C(=O)CC(C)C. The summed E-state index contributed by atoms with van der Waals surface area (Å²) in [6.07, 6.45) is 4.50. The summed E-state index contributed by atoms with van der Waals surface area (Å²) in [5.74, 6) is -0.221. The van der Waals surface area contributed by atoms with Gasteiger partial charge in [-0.05, 0) is 36.7 Å². The predicted octanol–water partition coefficient (Wildman–Crippen LogP) is 5.51. The fourth-order valence-corrected chi connectivity index (χ4v) is 7.27. The largest absolute Gasteiger partial charge is 0.379 e. The molecule has 0 bridgehead atoms. The molecule has 9 nitrogen and oxygen atoms in total. The fraction of sp³-hybridized carbons (Fsp3) is 0.657. The zero-order valence-electron chi connectivity index (χ0n) is 28.4. The Hall–Kier alpha value is -2.82. The summed E-state index contributed by atoms with van der Waals surface area (Å²) in [7, 11) is 5.06. The van der Waals surface area contributed by atoms with Crippen molar-refractivity contribution in [2.45, 2.75) is 103 Å².